The van der Waals surface area contributed by atoms with Gasteiger partial charge in [-0.15, -0.1) is 4.83 Å². The van der Waals surface area contributed by atoms with Crippen molar-refractivity contribution in [3.63, 3.8) is 0 Å². The highest BCUT2D eigenvalue weighted by molar-refractivity contribution is 7.89. The molecule has 0 atom stereocenters. The van der Waals surface area contributed by atoms with Gasteiger partial charge in [0.25, 0.3) is 15.9 Å². The molecule has 2 N–H and O–H groups in total. The van der Waals surface area contributed by atoms with Gasteiger partial charge in [0.15, 0.2) is 6.61 Å². The van der Waals surface area contributed by atoms with E-state index in [2.05, 4.69) is 10.3 Å². The van der Waals surface area contributed by atoms with E-state index in [1.165, 1.54) is 0 Å². The van der Waals surface area contributed by atoms with Crippen LogP contribution in [0.2, 0.25) is 0 Å². The number of amides is 1. The average molecular weight is 398 g/mol. The summed E-state index contributed by atoms with van der Waals surface area (Å²) in [6.07, 6.45) is 0. The summed E-state index contributed by atoms with van der Waals surface area (Å²) in [5.74, 6) is -0.0684. The van der Waals surface area contributed by atoms with Crippen molar-refractivity contribution in [3.8, 4) is 5.75 Å². The summed E-state index contributed by atoms with van der Waals surface area (Å²) in [4.78, 5) is 14.3. The number of hydrazine groups is 1. The van der Waals surface area contributed by atoms with Crippen molar-refractivity contribution in [2.24, 2.45) is 0 Å². The Bertz CT molecular complexity index is 1120. The predicted octanol–water partition coefficient (Wildman–Crippen LogP) is 3.15. The van der Waals surface area contributed by atoms with Gasteiger partial charge in [0.05, 0.1) is 4.90 Å². The van der Waals surface area contributed by atoms with E-state index in [1.807, 2.05) is 43.3 Å². The second-order valence-corrected chi connectivity index (χ2v) is 8.30. The van der Waals surface area contributed by atoms with Crippen LogP contribution in [-0.4, -0.2) is 20.9 Å². The molecular weight excluding hydrogens is 376 g/mol. The van der Waals surface area contributed by atoms with Crippen molar-refractivity contribution >= 4 is 26.7 Å². The van der Waals surface area contributed by atoms with Crippen LogP contribution < -0.4 is 15.0 Å². The fraction of sp³-hybridized carbons (Fsp3) is 0.190. The van der Waals surface area contributed by atoms with Gasteiger partial charge in [-0.05, 0) is 54.8 Å². The lowest BCUT2D eigenvalue weighted by Crippen LogP contribution is -2.44. The van der Waals surface area contributed by atoms with E-state index in [4.69, 9.17) is 4.74 Å². The first-order chi connectivity index (χ1) is 13.3. The van der Waals surface area contributed by atoms with Crippen molar-refractivity contribution in [1.29, 1.82) is 0 Å². The molecule has 0 spiro atoms. The Balaban J connectivity index is 1.62. The fourth-order valence-electron chi connectivity index (χ4n) is 3.21. The van der Waals surface area contributed by atoms with Gasteiger partial charge in [0.1, 0.15) is 5.75 Å². The third kappa shape index (κ3) is 4.49. The molecule has 6 nitrogen and oxygen atoms in total. The van der Waals surface area contributed by atoms with Gasteiger partial charge in [0.2, 0.25) is 0 Å². The normalized spacial score (nSPS) is 11.4. The number of hydrogen-bond donors (Lipinski definition) is 2. The smallest absolute Gasteiger partial charge is 0.272 e. The van der Waals surface area contributed by atoms with Gasteiger partial charge < -0.3 is 4.74 Å². The molecule has 3 aromatic rings. The van der Waals surface area contributed by atoms with Crippen LogP contribution in [0.25, 0.3) is 10.8 Å². The highest BCUT2D eigenvalue weighted by Gasteiger charge is 2.20. The number of fused-ring (bicyclic) bond motifs is 1. The van der Waals surface area contributed by atoms with Crippen LogP contribution in [-0.2, 0) is 14.8 Å². The van der Waals surface area contributed by atoms with Crippen LogP contribution >= 0.6 is 0 Å². The number of carbonyl (C=O) groups is 1. The summed E-state index contributed by atoms with van der Waals surface area (Å²) in [7, 11) is -3.88. The molecule has 0 aliphatic rings. The molecule has 0 aliphatic carbocycles. The van der Waals surface area contributed by atoms with Crippen LogP contribution in [0.3, 0.4) is 0 Å². The summed E-state index contributed by atoms with van der Waals surface area (Å²) < 4.78 is 30.6. The second-order valence-electron chi connectivity index (χ2n) is 6.68. The first kappa shape index (κ1) is 19.9. The Morgan fingerprint density at radius 1 is 0.929 bits per heavy atom. The van der Waals surface area contributed by atoms with Crippen LogP contribution in [0, 0.1) is 20.8 Å². The van der Waals surface area contributed by atoms with Crippen LogP contribution in [0.5, 0.6) is 5.75 Å². The number of benzene rings is 3. The zero-order chi connectivity index (χ0) is 20.3. The van der Waals surface area contributed by atoms with E-state index in [-0.39, 0.29) is 11.5 Å². The summed E-state index contributed by atoms with van der Waals surface area (Å²) in [5.41, 5.74) is 4.40. The van der Waals surface area contributed by atoms with E-state index in [0.29, 0.717) is 16.9 Å². The van der Waals surface area contributed by atoms with Gasteiger partial charge in [0, 0.05) is 0 Å². The van der Waals surface area contributed by atoms with Crippen molar-refractivity contribution in [3.05, 3.63) is 71.3 Å². The molecule has 0 saturated heterocycles. The molecule has 1 amide bonds. The minimum absolute atomic E-state index is 0.161. The molecular formula is C21H22N2O4S. The van der Waals surface area contributed by atoms with E-state index in [9.17, 15) is 13.2 Å². The van der Waals surface area contributed by atoms with Crippen LogP contribution in [0.15, 0.2) is 59.5 Å². The number of nitrogens with one attached hydrogen (secondary N) is 2. The third-order valence-electron chi connectivity index (χ3n) is 4.29. The van der Waals surface area contributed by atoms with Gasteiger partial charge in [-0.25, -0.2) is 8.42 Å². The monoisotopic (exact) mass is 398 g/mol. The summed E-state index contributed by atoms with van der Waals surface area (Å²) in [6.45, 7) is 5.03. The van der Waals surface area contributed by atoms with Crippen LogP contribution in [0.4, 0.5) is 0 Å². The molecule has 28 heavy (non-hydrogen) atoms. The largest absolute Gasteiger partial charge is 0.484 e. The molecule has 0 saturated carbocycles. The Labute approximate surface area is 164 Å². The maximum absolute atomic E-state index is 12.5. The minimum atomic E-state index is -3.88. The third-order valence-corrected chi connectivity index (χ3v) is 5.84. The predicted molar refractivity (Wildman–Crippen MR) is 109 cm³/mol. The molecule has 0 aromatic heterocycles. The molecule has 3 aromatic carbocycles. The molecule has 0 heterocycles. The Morgan fingerprint density at radius 2 is 1.57 bits per heavy atom. The average Bonchev–Trinajstić information content (AvgIpc) is 2.63. The second kappa shape index (κ2) is 8.00. The standard InChI is InChI=1S/C21H22N2O4S/c1-14-10-15(2)21(16(3)11-14)28(25,26)23-22-20(24)13-27-19-9-8-17-6-4-5-7-18(17)12-19/h4-12,23H,13H2,1-3H3,(H,22,24). The SMILES string of the molecule is Cc1cc(C)c(S(=O)(=O)NNC(=O)COc2ccc3ccccc3c2)c(C)c1. The summed E-state index contributed by atoms with van der Waals surface area (Å²) in [5, 5.41) is 2.06. The quantitative estimate of drug-likeness (QED) is 0.625. The number of hydrogen-bond acceptors (Lipinski definition) is 4. The van der Waals surface area contributed by atoms with Gasteiger partial charge in [-0.1, -0.05) is 48.0 Å². The Kier molecular flexibility index (Phi) is 5.67. The number of aryl methyl sites for hydroxylation is 3. The molecule has 0 aliphatic heterocycles. The van der Waals surface area contributed by atoms with Crippen molar-refractivity contribution in [2.75, 3.05) is 6.61 Å². The molecule has 0 unspecified atom stereocenters. The van der Waals surface area contributed by atoms with Gasteiger partial charge >= 0.3 is 0 Å². The summed E-state index contributed by atoms with van der Waals surface area (Å²) in [6, 6.07) is 16.8. The van der Waals surface area contributed by atoms with Crippen molar-refractivity contribution in [2.45, 2.75) is 25.7 Å². The maximum Gasteiger partial charge on any atom is 0.272 e. The lowest BCUT2D eigenvalue weighted by Gasteiger charge is -2.14. The van der Waals surface area contributed by atoms with Gasteiger partial charge in [-0.3, -0.25) is 10.2 Å². The van der Waals surface area contributed by atoms with Crippen molar-refractivity contribution in [1.82, 2.24) is 10.3 Å². The minimum Gasteiger partial charge on any atom is -0.484 e. The topological polar surface area (TPSA) is 84.5 Å². The summed E-state index contributed by atoms with van der Waals surface area (Å²) >= 11 is 0. The van der Waals surface area contributed by atoms with E-state index >= 15 is 0 Å². The molecule has 146 valence electrons. The Morgan fingerprint density at radius 3 is 2.25 bits per heavy atom. The number of carbonyl (C=O) groups excluding carboxylic acids is 1. The maximum atomic E-state index is 12.5. The van der Waals surface area contributed by atoms with Gasteiger partial charge in [-0.2, -0.15) is 0 Å². The van der Waals surface area contributed by atoms with E-state index in [0.717, 1.165) is 16.3 Å². The van der Waals surface area contributed by atoms with Crippen molar-refractivity contribution < 1.29 is 17.9 Å². The molecule has 0 bridgehead atoms. The molecule has 7 heteroatoms. The number of ether oxygens (including phenoxy) is 1. The number of sulfonamides is 1. The van der Waals surface area contributed by atoms with E-state index in [1.54, 1.807) is 32.0 Å². The van der Waals surface area contributed by atoms with E-state index < -0.39 is 15.9 Å². The zero-order valence-corrected chi connectivity index (χ0v) is 16.8. The first-order valence-electron chi connectivity index (χ1n) is 8.76. The lowest BCUT2D eigenvalue weighted by molar-refractivity contribution is -0.123. The molecule has 0 fully saturated rings. The lowest BCUT2D eigenvalue weighted by atomic mass is 10.1. The highest BCUT2D eigenvalue weighted by atomic mass is 32.2. The zero-order valence-electron chi connectivity index (χ0n) is 15.9. The number of rotatable bonds is 6. The highest BCUT2D eigenvalue weighted by Crippen LogP contribution is 2.22. The molecule has 3 rings (SSSR count). The van der Waals surface area contributed by atoms with Crippen LogP contribution in [0.1, 0.15) is 16.7 Å². The first-order valence-corrected chi connectivity index (χ1v) is 10.2. The Hall–Kier alpha value is -2.90. The molecule has 0 radical (unpaired) electrons. The fourth-order valence-corrected chi connectivity index (χ4v) is 4.52.